The first-order chi connectivity index (χ1) is 7.67. The molecule has 17 heavy (non-hydrogen) atoms. The van der Waals surface area contributed by atoms with Gasteiger partial charge in [-0.3, -0.25) is 4.79 Å². The molecule has 0 radical (unpaired) electrons. The van der Waals surface area contributed by atoms with E-state index in [1.807, 2.05) is 6.92 Å². The van der Waals surface area contributed by atoms with E-state index in [4.69, 9.17) is 0 Å². The molecule has 0 aromatic heterocycles. The van der Waals surface area contributed by atoms with E-state index in [0.29, 0.717) is 18.1 Å². The van der Waals surface area contributed by atoms with Crippen LogP contribution in [0.15, 0.2) is 0 Å². The molecule has 96 valence electrons. The Morgan fingerprint density at radius 3 is 2.47 bits per heavy atom. The second-order valence-corrected chi connectivity index (χ2v) is 7.79. The summed E-state index contributed by atoms with van der Waals surface area (Å²) < 4.78 is 0. The van der Waals surface area contributed by atoms with Gasteiger partial charge in [0, 0.05) is 11.8 Å². The summed E-state index contributed by atoms with van der Waals surface area (Å²) in [6, 6.07) is 0. The summed E-state index contributed by atoms with van der Waals surface area (Å²) in [5.41, 5.74) is -1.12. The van der Waals surface area contributed by atoms with Gasteiger partial charge in [0.1, 0.15) is 5.78 Å². The highest BCUT2D eigenvalue weighted by atomic mass is 16.3. The van der Waals surface area contributed by atoms with Crippen LogP contribution in [-0.2, 0) is 4.79 Å². The Bertz CT molecular complexity index is 400. The molecule has 2 heteroatoms. The maximum atomic E-state index is 12.3. The van der Waals surface area contributed by atoms with Crippen molar-refractivity contribution in [3.8, 4) is 0 Å². The van der Waals surface area contributed by atoms with Gasteiger partial charge in [-0.25, -0.2) is 0 Å². The minimum absolute atomic E-state index is 0.0442. The quantitative estimate of drug-likeness (QED) is 0.702. The molecule has 3 saturated carbocycles. The van der Waals surface area contributed by atoms with Crippen molar-refractivity contribution in [3.05, 3.63) is 0 Å². The summed E-state index contributed by atoms with van der Waals surface area (Å²) in [6.07, 6.45) is 4.33. The van der Waals surface area contributed by atoms with E-state index in [-0.39, 0.29) is 10.8 Å². The fourth-order valence-electron chi connectivity index (χ4n) is 5.71. The molecule has 0 aromatic rings. The van der Waals surface area contributed by atoms with Crippen LogP contribution in [0.2, 0.25) is 0 Å². The van der Waals surface area contributed by atoms with Crippen molar-refractivity contribution in [1.29, 1.82) is 0 Å². The van der Waals surface area contributed by atoms with Crippen molar-refractivity contribution >= 4 is 5.78 Å². The van der Waals surface area contributed by atoms with E-state index in [1.165, 1.54) is 0 Å². The van der Waals surface area contributed by atoms with Gasteiger partial charge in [0.25, 0.3) is 0 Å². The largest absolute Gasteiger partial charge is 0.388 e. The molecule has 3 fully saturated rings. The zero-order valence-electron chi connectivity index (χ0n) is 11.5. The topological polar surface area (TPSA) is 37.3 Å². The summed E-state index contributed by atoms with van der Waals surface area (Å²) in [5, 5.41) is 11.3. The van der Waals surface area contributed by atoms with Crippen molar-refractivity contribution in [3.63, 3.8) is 0 Å². The first-order valence-electron chi connectivity index (χ1n) is 6.93. The summed E-state index contributed by atoms with van der Waals surface area (Å²) >= 11 is 0. The maximum Gasteiger partial charge on any atom is 0.141 e. The van der Waals surface area contributed by atoms with Crippen LogP contribution in [0.4, 0.5) is 0 Å². The van der Waals surface area contributed by atoms with Crippen LogP contribution in [0.3, 0.4) is 0 Å². The predicted octanol–water partition coefficient (Wildman–Crippen LogP) is 2.93. The smallest absolute Gasteiger partial charge is 0.141 e. The van der Waals surface area contributed by atoms with Gasteiger partial charge >= 0.3 is 0 Å². The van der Waals surface area contributed by atoms with Crippen molar-refractivity contribution in [2.75, 3.05) is 0 Å². The van der Waals surface area contributed by atoms with Gasteiger partial charge in [-0.2, -0.15) is 0 Å². The Balaban J connectivity index is 2.22. The van der Waals surface area contributed by atoms with Gasteiger partial charge in [-0.05, 0) is 43.9 Å². The van der Waals surface area contributed by atoms with Crippen LogP contribution in [-0.4, -0.2) is 16.5 Å². The number of hydrogen-bond donors (Lipinski definition) is 1. The van der Waals surface area contributed by atoms with Crippen LogP contribution >= 0.6 is 0 Å². The van der Waals surface area contributed by atoms with Crippen molar-refractivity contribution < 1.29 is 9.90 Å². The molecule has 0 heterocycles. The van der Waals surface area contributed by atoms with E-state index < -0.39 is 11.0 Å². The summed E-state index contributed by atoms with van der Waals surface area (Å²) in [5.74, 6) is 0.870. The molecule has 3 aliphatic carbocycles. The van der Waals surface area contributed by atoms with Crippen LogP contribution in [0, 0.1) is 22.2 Å². The fraction of sp³-hybridized carbons (Fsp3) is 0.933. The third-order valence-electron chi connectivity index (χ3n) is 6.70. The maximum absolute atomic E-state index is 12.3. The molecular formula is C15H24O2. The lowest BCUT2D eigenvalue weighted by atomic mass is 9.46. The van der Waals surface area contributed by atoms with Gasteiger partial charge in [0.2, 0.25) is 0 Å². The Hall–Kier alpha value is -0.370. The molecule has 3 rings (SSSR count). The second kappa shape index (κ2) is 2.79. The van der Waals surface area contributed by atoms with Crippen LogP contribution < -0.4 is 0 Å². The molecule has 0 unspecified atom stereocenters. The van der Waals surface area contributed by atoms with Crippen molar-refractivity contribution in [2.24, 2.45) is 22.2 Å². The minimum atomic E-state index is -0.762. The Morgan fingerprint density at radius 2 is 1.82 bits per heavy atom. The van der Waals surface area contributed by atoms with Gasteiger partial charge in [0.05, 0.1) is 11.0 Å². The zero-order valence-corrected chi connectivity index (χ0v) is 11.5. The Kier molecular flexibility index (Phi) is 1.92. The molecule has 0 amide bonds. The monoisotopic (exact) mass is 236 g/mol. The average Bonchev–Trinajstić information content (AvgIpc) is 2.29. The van der Waals surface area contributed by atoms with Crippen molar-refractivity contribution in [2.45, 2.75) is 65.4 Å². The third kappa shape index (κ3) is 1.01. The van der Waals surface area contributed by atoms with Gasteiger partial charge in [0.15, 0.2) is 0 Å². The standard InChI is InChI=1S/C15H24O2/c1-12(2)9-15(17)13(3)8-6-11(16)14(15,4)7-5-10(12)13/h10,17H,5-9H2,1-4H3/t10-,13-,14-,15-/m0/s1. The first-order valence-corrected chi connectivity index (χ1v) is 6.93. The van der Waals surface area contributed by atoms with Crippen molar-refractivity contribution in [1.82, 2.24) is 0 Å². The normalized spacial score (nSPS) is 56.1. The van der Waals surface area contributed by atoms with E-state index in [0.717, 1.165) is 25.7 Å². The number of aliphatic hydroxyl groups is 1. The van der Waals surface area contributed by atoms with Crippen LogP contribution in [0.1, 0.15) is 59.8 Å². The molecule has 4 atom stereocenters. The average molecular weight is 236 g/mol. The highest BCUT2D eigenvalue weighted by molar-refractivity contribution is 5.87. The lowest BCUT2D eigenvalue weighted by Gasteiger charge is -2.59. The molecule has 0 aromatic carbocycles. The van der Waals surface area contributed by atoms with E-state index >= 15 is 0 Å². The molecule has 1 N–H and O–H groups in total. The minimum Gasteiger partial charge on any atom is -0.388 e. The number of ketones is 1. The van der Waals surface area contributed by atoms with E-state index in [2.05, 4.69) is 20.8 Å². The molecule has 4 bridgehead atoms. The van der Waals surface area contributed by atoms with E-state index in [1.54, 1.807) is 0 Å². The number of Topliss-reactive ketones (excluding diaryl/α,β-unsaturated/α-hetero) is 1. The summed E-state index contributed by atoms with van der Waals surface area (Å²) in [7, 11) is 0. The highest BCUT2D eigenvalue weighted by Gasteiger charge is 2.75. The number of rotatable bonds is 0. The van der Waals surface area contributed by atoms with Crippen LogP contribution in [0.5, 0.6) is 0 Å². The predicted molar refractivity (Wildman–Crippen MR) is 66.5 cm³/mol. The van der Waals surface area contributed by atoms with E-state index in [9.17, 15) is 9.90 Å². The molecule has 2 nitrogen and oxygen atoms in total. The fourth-order valence-corrected chi connectivity index (χ4v) is 5.71. The number of carbonyl (C=O) groups is 1. The third-order valence-corrected chi connectivity index (χ3v) is 6.70. The lowest BCUT2D eigenvalue weighted by Crippen LogP contribution is -2.65. The van der Waals surface area contributed by atoms with Gasteiger partial charge < -0.3 is 5.11 Å². The lowest BCUT2D eigenvalue weighted by molar-refractivity contribution is -0.205. The zero-order chi connectivity index (χ0) is 12.7. The van der Waals surface area contributed by atoms with Gasteiger partial charge in [-0.1, -0.05) is 20.8 Å². The second-order valence-electron chi connectivity index (χ2n) is 7.79. The Morgan fingerprint density at radius 1 is 1.18 bits per heavy atom. The Labute approximate surface area is 104 Å². The molecule has 0 spiro atoms. The highest BCUT2D eigenvalue weighted by Crippen LogP contribution is 2.73. The van der Waals surface area contributed by atoms with Gasteiger partial charge in [-0.15, -0.1) is 0 Å². The number of hydrogen-bond acceptors (Lipinski definition) is 2. The molecule has 3 aliphatic rings. The number of carbonyl (C=O) groups excluding carboxylic acids is 1. The van der Waals surface area contributed by atoms with Crippen LogP contribution in [0.25, 0.3) is 0 Å². The molecule has 0 aliphatic heterocycles. The molecular weight excluding hydrogens is 212 g/mol. The molecule has 0 saturated heterocycles. The SMILES string of the molecule is CC1(C)C[C@@]2(O)[C@@]3(C)CC[C@@H]1[C@]2(C)CCC3=O. The summed E-state index contributed by atoms with van der Waals surface area (Å²) in [4.78, 5) is 12.3. The summed E-state index contributed by atoms with van der Waals surface area (Å²) in [6.45, 7) is 8.80. The first kappa shape index (κ1) is 11.7.